The van der Waals surface area contributed by atoms with Crippen molar-refractivity contribution in [1.82, 2.24) is 29.4 Å². The summed E-state index contributed by atoms with van der Waals surface area (Å²) >= 11 is 0. The number of nitrogens with zero attached hydrogens (tertiary/aromatic N) is 6. The highest BCUT2D eigenvalue weighted by molar-refractivity contribution is 6.00. The van der Waals surface area contributed by atoms with Crippen molar-refractivity contribution < 1.29 is 22.7 Å². The summed E-state index contributed by atoms with van der Waals surface area (Å²) in [5.74, 6) is 0.533. The van der Waals surface area contributed by atoms with Crippen LogP contribution in [0.3, 0.4) is 0 Å². The SMILES string of the molecule is CCNc1cc2c(cn1)c(-c1ccc3c(c1)CN(C)C3=O)nn2C1CCC(Oc2cn(C)nc2C(F)(F)F)CC1. The lowest BCUT2D eigenvalue weighted by molar-refractivity contribution is -0.143. The van der Waals surface area contributed by atoms with Gasteiger partial charge in [0.1, 0.15) is 11.5 Å². The third-order valence-electron chi connectivity index (χ3n) is 7.66. The van der Waals surface area contributed by atoms with Crippen molar-refractivity contribution in [2.24, 2.45) is 7.05 Å². The van der Waals surface area contributed by atoms with Gasteiger partial charge in [-0.05, 0) is 50.3 Å². The minimum atomic E-state index is -4.57. The summed E-state index contributed by atoms with van der Waals surface area (Å²) < 4.78 is 49.1. The number of halogens is 3. The number of rotatable bonds is 6. The molecule has 0 unspecified atom stereocenters. The number of nitrogens with one attached hydrogen (secondary N) is 1. The average Bonchev–Trinajstić information content (AvgIpc) is 3.57. The van der Waals surface area contributed by atoms with Gasteiger partial charge in [0, 0.05) is 56.0 Å². The van der Waals surface area contributed by atoms with Gasteiger partial charge in [-0.3, -0.25) is 14.2 Å². The third-order valence-corrected chi connectivity index (χ3v) is 7.66. The van der Waals surface area contributed by atoms with E-state index in [0.717, 1.165) is 44.8 Å². The van der Waals surface area contributed by atoms with E-state index in [2.05, 4.69) is 15.4 Å². The Labute approximate surface area is 228 Å². The van der Waals surface area contributed by atoms with Gasteiger partial charge in [-0.25, -0.2) is 4.98 Å². The van der Waals surface area contributed by atoms with Crippen molar-refractivity contribution in [3.8, 4) is 17.0 Å². The zero-order chi connectivity index (χ0) is 28.2. The minimum Gasteiger partial charge on any atom is -0.486 e. The maximum Gasteiger partial charge on any atom is 0.438 e. The molecule has 0 saturated heterocycles. The monoisotopic (exact) mass is 553 g/mol. The Hall–Kier alpha value is -4.09. The summed E-state index contributed by atoms with van der Waals surface area (Å²) in [7, 11) is 3.24. The molecule has 1 aliphatic carbocycles. The summed E-state index contributed by atoms with van der Waals surface area (Å²) in [5, 5.41) is 12.8. The predicted molar refractivity (Wildman–Crippen MR) is 143 cm³/mol. The topological polar surface area (TPSA) is 90.1 Å². The van der Waals surface area contributed by atoms with E-state index in [0.29, 0.717) is 37.8 Å². The fourth-order valence-electron chi connectivity index (χ4n) is 5.75. The number of anilines is 1. The first-order valence-corrected chi connectivity index (χ1v) is 13.4. The van der Waals surface area contributed by atoms with Crippen molar-refractivity contribution in [3.63, 3.8) is 0 Å². The van der Waals surface area contributed by atoms with Crippen molar-refractivity contribution in [3.05, 3.63) is 53.5 Å². The highest BCUT2D eigenvalue weighted by atomic mass is 19.4. The molecule has 12 heteroatoms. The van der Waals surface area contributed by atoms with Gasteiger partial charge in [0.15, 0.2) is 5.75 Å². The number of hydrogen-bond donors (Lipinski definition) is 1. The number of aryl methyl sites for hydroxylation is 1. The molecule has 4 heterocycles. The van der Waals surface area contributed by atoms with Crippen LogP contribution in [0, 0.1) is 0 Å². The molecular weight excluding hydrogens is 523 g/mol. The van der Waals surface area contributed by atoms with E-state index in [1.165, 1.54) is 13.2 Å². The number of alkyl halides is 3. The van der Waals surface area contributed by atoms with Gasteiger partial charge in [-0.15, -0.1) is 0 Å². The van der Waals surface area contributed by atoms with Gasteiger partial charge in [0.05, 0.1) is 23.9 Å². The molecule has 1 aromatic carbocycles. The molecule has 1 amide bonds. The first-order valence-electron chi connectivity index (χ1n) is 13.4. The maximum absolute atomic E-state index is 13.4. The molecule has 0 radical (unpaired) electrons. The molecule has 6 rings (SSSR count). The van der Waals surface area contributed by atoms with Crippen LogP contribution < -0.4 is 10.1 Å². The number of fused-ring (bicyclic) bond motifs is 2. The predicted octanol–water partition coefficient (Wildman–Crippen LogP) is 5.43. The van der Waals surface area contributed by atoms with E-state index in [1.807, 2.05) is 42.1 Å². The largest absolute Gasteiger partial charge is 0.486 e. The number of pyridine rings is 1. The molecule has 9 nitrogen and oxygen atoms in total. The summed E-state index contributed by atoms with van der Waals surface area (Å²) in [4.78, 5) is 18.7. The van der Waals surface area contributed by atoms with Gasteiger partial charge in [0.25, 0.3) is 5.91 Å². The Balaban J connectivity index is 1.29. The number of ether oxygens (including phenoxy) is 1. The molecule has 1 saturated carbocycles. The van der Waals surface area contributed by atoms with Gasteiger partial charge in [-0.1, -0.05) is 6.07 Å². The zero-order valence-electron chi connectivity index (χ0n) is 22.5. The van der Waals surface area contributed by atoms with Crippen LogP contribution in [-0.4, -0.2) is 55.0 Å². The lowest BCUT2D eigenvalue weighted by atomic mass is 9.93. The van der Waals surface area contributed by atoms with Crippen molar-refractivity contribution >= 4 is 22.6 Å². The lowest BCUT2D eigenvalue weighted by Crippen LogP contribution is -2.27. The summed E-state index contributed by atoms with van der Waals surface area (Å²) in [6.45, 7) is 3.29. The Morgan fingerprint density at radius 1 is 1.10 bits per heavy atom. The molecule has 0 atom stereocenters. The quantitative estimate of drug-likeness (QED) is 0.343. The van der Waals surface area contributed by atoms with Crippen LogP contribution in [0.25, 0.3) is 22.2 Å². The Bertz CT molecular complexity index is 1580. The van der Waals surface area contributed by atoms with Gasteiger partial charge < -0.3 is 15.0 Å². The van der Waals surface area contributed by atoms with Crippen LogP contribution in [-0.2, 0) is 19.8 Å². The summed E-state index contributed by atoms with van der Waals surface area (Å²) in [5.41, 5.74) is 3.33. The number of carbonyl (C=O) groups excluding carboxylic acids is 1. The lowest BCUT2D eigenvalue weighted by Gasteiger charge is -2.29. The number of carbonyl (C=O) groups is 1. The molecule has 0 bridgehead atoms. The van der Waals surface area contributed by atoms with Crippen LogP contribution in [0.4, 0.5) is 19.0 Å². The molecular formula is C28H30F3N7O2. The Kier molecular flexibility index (Phi) is 6.42. The first kappa shape index (κ1) is 26.1. The smallest absolute Gasteiger partial charge is 0.438 e. The zero-order valence-corrected chi connectivity index (χ0v) is 22.5. The van der Waals surface area contributed by atoms with Crippen molar-refractivity contribution in [1.29, 1.82) is 0 Å². The van der Waals surface area contributed by atoms with E-state index in [-0.39, 0.29) is 23.8 Å². The number of aromatic nitrogens is 5. The normalized spacial score (nSPS) is 19.4. The number of amides is 1. The molecule has 40 heavy (non-hydrogen) atoms. The highest BCUT2D eigenvalue weighted by Crippen LogP contribution is 2.40. The minimum absolute atomic E-state index is 0.0153. The standard InChI is InChI=1S/C28H30F3N7O2/c1-4-32-24-12-22-21(13-33-24)25(16-5-10-20-17(11-16)14-36(2)27(20)39)34-38(22)18-6-8-19(9-7-18)40-23-15-37(3)35-26(23)28(29,30)31/h5,10-13,15,18-19H,4,6-9,14H2,1-3H3,(H,32,33). The van der Waals surface area contributed by atoms with Crippen LogP contribution >= 0.6 is 0 Å². The second kappa shape index (κ2) is 9.83. The molecule has 2 aliphatic rings. The van der Waals surface area contributed by atoms with Crippen LogP contribution in [0.2, 0.25) is 0 Å². The first-order chi connectivity index (χ1) is 19.1. The second-order valence-corrected chi connectivity index (χ2v) is 10.5. The molecule has 3 aromatic heterocycles. The third kappa shape index (κ3) is 4.65. The summed E-state index contributed by atoms with van der Waals surface area (Å²) in [6.07, 6.45) is 0.768. The molecule has 210 valence electrons. The number of benzene rings is 1. The fourth-order valence-corrected chi connectivity index (χ4v) is 5.75. The Morgan fingerprint density at radius 3 is 2.60 bits per heavy atom. The second-order valence-electron chi connectivity index (χ2n) is 10.5. The molecule has 0 spiro atoms. The van der Waals surface area contributed by atoms with Crippen LogP contribution in [0.5, 0.6) is 5.75 Å². The molecule has 1 aliphatic heterocycles. The molecule has 1 fully saturated rings. The van der Waals surface area contributed by atoms with Crippen molar-refractivity contribution in [2.45, 2.75) is 57.5 Å². The van der Waals surface area contributed by atoms with E-state index in [4.69, 9.17) is 9.84 Å². The van der Waals surface area contributed by atoms with Crippen LogP contribution in [0.15, 0.2) is 36.7 Å². The summed E-state index contributed by atoms with van der Waals surface area (Å²) in [6, 6.07) is 7.85. The molecule has 4 aromatic rings. The van der Waals surface area contributed by atoms with Crippen molar-refractivity contribution in [2.75, 3.05) is 18.9 Å². The van der Waals surface area contributed by atoms with E-state index >= 15 is 0 Å². The molecule has 1 N–H and O–H groups in total. The van der Waals surface area contributed by atoms with E-state index in [1.54, 1.807) is 11.9 Å². The fraction of sp³-hybridized carbons (Fsp3) is 0.429. The van der Waals surface area contributed by atoms with E-state index in [9.17, 15) is 18.0 Å². The van der Waals surface area contributed by atoms with Gasteiger partial charge in [-0.2, -0.15) is 23.4 Å². The van der Waals surface area contributed by atoms with Gasteiger partial charge >= 0.3 is 6.18 Å². The maximum atomic E-state index is 13.4. The average molecular weight is 554 g/mol. The van der Waals surface area contributed by atoms with Crippen LogP contribution in [0.1, 0.15) is 60.3 Å². The van der Waals surface area contributed by atoms with E-state index < -0.39 is 11.9 Å². The highest BCUT2D eigenvalue weighted by Gasteiger charge is 2.39. The Morgan fingerprint density at radius 2 is 1.88 bits per heavy atom. The van der Waals surface area contributed by atoms with Gasteiger partial charge in [0.2, 0.25) is 5.69 Å². The number of hydrogen-bond acceptors (Lipinski definition) is 6.